The number of nitrogens with one attached hydrogen (secondary N) is 1. The van der Waals surface area contributed by atoms with E-state index >= 15 is 0 Å². The van der Waals surface area contributed by atoms with Crippen LogP contribution < -0.4 is 5.32 Å². The van der Waals surface area contributed by atoms with Crippen LogP contribution in [-0.2, 0) is 13.0 Å². The van der Waals surface area contributed by atoms with Crippen molar-refractivity contribution < 1.29 is 0 Å². The largest absolute Gasteiger partial charge is 0.316 e. The lowest BCUT2D eigenvalue weighted by molar-refractivity contribution is 0.445. The lowest BCUT2D eigenvalue weighted by Gasteiger charge is -2.20. The van der Waals surface area contributed by atoms with Crippen molar-refractivity contribution in [3.05, 3.63) is 23.8 Å². The molecule has 1 aromatic rings. The second kappa shape index (κ2) is 7.58. The molecule has 0 saturated carbocycles. The van der Waals surface area contributed by atoms with E-state index in [9.17, 15) is 0 Å². The normalized spacial score (nSPS) is 17.3. The molecule has 112 valence electrons. The van der Waals surface area contributed by atoms with Gasteiger partial charge in [0.05, 0.1) is 0 Å². The highest BCUT2D eigenvalue weighted by atomic mass is 15.3. The Morgan fingerprint density at radius 3 is 2.80 bits per heavy atom. The van der Waals surface area contributed by atoms with Crippen molar-refractivity contribution in [2.45, 2.75) is 65.0 Å². The van der Waals surface area contributed by atoms with Crippen molar-refractivity contribution in [1.29, 1.82) is 0 Å². The zero-order chi connectivity index (χ0) is 14.4. The highest BCUT2D eigenvalue weighted by Gasteiger charge is 2.15. The summed E-state index contributed by atoms with van der Waals surface area (Å²) in [5.41, 5.74) is 1.62. The molecular weight excluding hydrogens is 248 g/mol. The molecular formula is C16H28N4. The molecule has 4 nitrogen and oxygen atoms in total. The summed E-state index contributed by atoms with van der Waals surface area (Å²) in [5, 5.41) is 7.80. The van der Waals surface area contributed by atoms with Crippen molar-refractivity contribution in [3.8, 4) is 0 Å². The van der Waals surface area contributed by atoms with Gasteiger partial charge in [-0.2, -0.15) is 5.10 Å². The molecule has 1 aliphatic carbocycles. The Morgan fingerprint density at radius 2 is 2.15 bits per heavy atom. The molecule has 1 aliphatic rings. The zero-order valence-electron chi connectivity index (χ0n) is 13.1. The van der Waals surface area contributed by atoms with Crippen LogP contribution in [0.15, 0.2) is 18.0 Å². The van der Waals surface area contributed by atoms with E-state index in [1.54, 1.807) is 11.9 Å². The number of likely N-dealkylation sites (N-methyl/N-ethyl adjacent to an activating group) is 1. The molecule has 0 fully saturated rings. The first-order chi connectivity index (χ1) is 9.69. The molecule has 0 aliphatic heterocycles. The van der Waals surface area contributed by atoms with Crippen LogP contribution in [0.4, 0.5) is 0 Å². The smallest absolute Gasteiger partial charge is 0.138 e. The van der Waals surface area contributed by atoms with Gasteiger partial charge in [-0.05, 0) is 45.1 Å². The van der Waals surface area contributed by atoms with E-state index in [1.165, 1.54) is 25.7 Å². The van der Waals surface area contributed by atoms with Crippen LogP contribution in [0.1, 0.15) is 51.8 Å². The molecule has 0 aromatic carbocycles. The SMILES string of the molecule is CNC(CC1=CCCCC1)Cc1ncnn1CC(C)C. The minimum Gasteiger partial charge on any atom is -0.316 e. The zero-order valence-corrected chi connectivity index (χ0v) is 13.1. The van der Waals surface area contributed by atoms with E-state index < -0.39 is 0 Å². The van der Waals surface area contributed by atoms with E-state index in [2.05, 4.69) is 47.1 Å². The molecule has 0 amide bonds. The molecule has 0 spiro atoms. The number of hydrogen-bond acceptors (Lipinski definition) is 3. The van der Waals surface area contributed by atoms with Crippen molar-refractivity contribution >= 4 is 0 Å². The molecule has 1 heterocycles. The summed E-state index contributed by atoms with van der Waals surface area (Å²) < 4.78 is 2.06. The van der Waals surface area contributed by atoms with Crippen LogP contribution in [0.5, 0.6) is 0 Å². The summed E-state index contributed by atoms with van der Waals surface area (Å²) in [5.74, 6) is 1.71. The van der Waals surface area contributed by atoms with Crippen molar-refractivity contribution in [3.63, 3.8) is 0 Å². The molecule has 1 atom stereocenters. The average Bonchev–Trinajstić information content (AvgIpc) is 2.85. The van der Waals surface area contributed by atoms with Gasteiger partial charge in [-0.1, -0.05) is 25.5 Å². The number of hydrogen-bond donors (Lipinski definition) is 1. The Labute approximate surface area is 122 Å². The number of nitrogens with zero attached hydrogens (tertiary/aromatic N) is 3. The molecule has 0 radical (unpaired) electrons. The van der Waals surface area contributed by atoms with Gasteiger partial charge in [-0.25, -0.2) is 9.67 Å². The lowest BCUT2D eigenvalue weighted by atomic mass is 9.93. The molecule has 1 N–H and O–H groups in total. The first kappa shape index (κ1) is 15.2. The Morgan fingerprint density at radius 1 is 1.30 bits per heavy atom. The Bertz CT molecular complexity index is 433. The van der Waals surface area contributed by atoms with E-state index in [4.69, 9.17) is 0 Å². The molecule has 0 saturated heterocycles. The van der Waals surface area contributed by atoms with Gasteiger partial charge in [0.25, 0.3) is 0 Å². The fourth-order valence-corrected chi connectivity index (χ4v) is 2.85. The number of aromatic nitrogens is 3. The molecule has 2 rings (SSSR count). The fraction of sp³-hybridized carbons (Fsp3) is 0.750. The van der Waals surface area contributed by atoms with E-state index in [1.807, 2.05) is 0 Å². The van der Waals surface area contributed by atoms with Gasteiger partial charge in [0, 0.05) is 19.0 Å². The lowest BCUT2D eigenvalue weighted by Crippen LogP contribution is -2.30. The van der Waals surface area contributed by atoms with Crippen LogP contribution in [-0.4, -0.2) is 27.9 Å². The fourth-order valence-electron chi connectivity index (χ4n) is 2.85. The quantitative estimate of drug-likeness (QED) is 0.779. The van der Waals surface area contributed by atoms with Crippen molar-refractivity contribution in [1.82, 2.24) is 20.1 Å². The monoisotopic (exact) mass is 276 g/mol. The third-order valence-electron chi connectivity index (χ3n) is 3.96. The van der Waals surface area contributed by atoms with E-state index in [0.717, 1.165) is 25.2 Å². The molecule has 1 unspecified atom stereocenters. The second-order valence-electron chi connectivity index (χ2n) is 6.25. The van der Waals surface area contributed by atoms with Crippen LogP contribution in [0.2, 0.25) is 0 Å². The first-order valence-electron chi connectivity index (χ1n) is 7.91. The van der Waals surface area contributed by atoms with Crippen LogP contribution in [0.25, 0.3) is 0 Å². The van der Waals surface area contributed by atoms with Gasteiger partial charge in [0.1, 0.15) is 12.2 Å². The topological polar surface area (TPSA) is 42.7 Å². The first-order valence-corrected chi connectivity index (χ1v) is 7.91. The predicted molar refractivity (Wildman–Crippen MR) is 82.6 cm³/mol. The molecule has 20 heavy (non-hydrogen) atoms. The van der Waals surface area contributed by atoms with Crippen LogP contribution in [0, 0.1) is 5.92 Å². The van der Waals surface area contributed by atoms with Gasteiger partial charge in [0.2, 0.25) is 0 Å². The molecule has 0 bridgehead atoms. The van der Waals surface area contributed by atoms with Crippen molar-refractivity contribution in [2.75, 3.05) is 7.05 Å². The Hall–Kier alpha value is -1.16. The third-order valence-corrected chi connectivity index (χ3v) is 3.96. The van der Waals surface area contributed by atoms with Gasteiger partial charge < -0.3 is 5.32 Å². The van der Waals surface area contributed by atoms with Crippen LogP contribution in [0.3, 0.4) is 0 Å². The Balaban J connectivity index is 1.95. The van der Waals surface area contributed by atoms with Gasteiger partial charge in [-0.15, -0.1) is 0 Å². The average molecular weight is 276 g/mol. The maximum absolute atomic E-state index is 4.44. The minimum atomic E-state index is 0.467. The summed E-state index contributed by atoms with van der Waals surface area (Å²) >= 11 is 0. The predicted octanol–water partition coefficient (Wildman–Crippen LogP) is 2.96. The van der Waals surface area contributed by atoms with Gasteiger partial charge >= 0.3 is 0 Å². The maximum Gasteiger partial charge on any atom is 0.138 e. The molecule has 1 aromatic heterocycles. The number of allylic oxidation sites excluding steroid dienone is 1. The van der Waals surface area contributed by atoms with Crippen molar-refractivity contribution in [2.24, 2.45) is 5.92 Å². The third kappa shape index (κ3) is 4.44. The van der Waals surface area contributed by atoms with E-state index in [0.29, 0.717) is 12.0 Å². The second-order valence-corrected chi connectivity index (χ2v) is 6.25. The highest BCUT2D eigenvalue weighted by molar-refractivity contribution is 5.08. The minimum absolute atomic E-state index is 0.467. The van der Waals surface area contributed by atoms with E-state index in [-0.39, 0.29) is 0 Å². The summed E-state index contributed by atoms with van der Waals surface area (Å²) in [6.07, 6.45) is 11.5. The summed E-state index contributed by atoms with van der Waals surface area (Å²) in [7, 11) is 2.05. The van der Waals surface area contributed by atoms with Crippen LogP contribution >= 0.6 is 0 Å². The standard InChI is InChI=1S/C16H28N4/c1-13(2)11-20-16(18-12-19-20)10-15(17-3)9-14-7-5-4-6-8-14/h7,12-13,15,17H,4-6,8-11H2,1-3H3. The molecule has 4 heteroatoms. The number of rotatable bonds is 7. The summed E-state index contributed by atoms with van der Waals surface area (Å²) in [4.78, 5) is 4.44. The maximum atomic E-state index is 4.44. The summed E-state index contributed by atoms with van der Waals surface area (Å²) in [6.45, 7) is 5.39. The van der Waals surface area contributed by atoms with Gasteiger partial charge in [-0.3, -0.25) is 0 Å². The highest BCUT2D eigenvalue weighted by Crippen LogP contribution is 2.22. The van der Waals surface area contributed by atoms with Gasteiger partial charge in [0.15, 0.2) is 0 Å². The Kier molecular flexibility index (Phi) is 5.77. The summed E-state index contributed by atoms with van der Waals surface area (Å²) in [6, 6.07) is 0.467.